The van der Waals surface area contributed by atoms with Gasteiger partial charge < -0.3 is 29.2 Å². The van der Waals surface area contributed by atoms with Crippen molar-refractivity contribution in [3.63, 3.8) is 0 Å². The van der Waals surface area contributed by atoms with Crippen molar-refractivity contribution in [2.75, 3.05) is 21.0 Å². The molecule has 0 atom stereocenters. The summed E-state index contributed by atoms with van der Waals surface area (Å²) >= 11 is 2.57. The van der Waals surface area contributed by atoms with Gasteiger partial charge in [-0.1, -0.05) is 0 Å². The van der Waals surface area contributed by atoms with Gasteiger partial charge in [0.25, 0.3) is 0 Å². The predicted molar refractivity (Wildman–Crippen MR) is 170 cm³/mol. The summed E-state index contributed by atoms with van der Waals surface area (Å²) in [5.74, 6) is -0.333. The van der Waals surface area contributed by atoms with Crippen LogP contribution in [0.2, 0.25) is 0 Å². The van der Waals surface area contributed by atoms with E-state index in [0.717, 1.165) is 42.4 Å². The first kappa shape index (κ1) is 30.1. The van der Waals surface area contributed by atoms with Gasteiger partial charge in [-0.25, -0.2) is 0 Å². The molecular formula is C33H26O10S2. The molecule has 2 aromatic heterocycles. The molecule has 0 amide bonds. The molecule has 0 fully saturated rings. The van der Waals surface area contributed by atoms with Crippen molar-refractivity contribution in [1.29, 1.82) is 0 Å². The fourth-order valence-corrected chi connectivity index (χ4v) is 7.34. The van der Waals surface area contributed by atoms with Gasteiger partial charge in [-0.15, -0.1) is 22.7 Å². The topological polar surface area (TPSA) is 146 Å². The van der Waals surface area contributed by atoms with Crippen molar-refractivity contribution in [3.8, 4) is 45.3 Å². The number of aliphatic carboxylic acids is 2. The Morgan fingerprint density at radius 3 is 1.42 bits per heavy atom. The maximum Gasteiger partial charge on any atom is 0.303 e. The molecule has 3 heterocycles. The Morgan fingerprint density at radius 1 is 0.622 bits per heavy atom. The highest BCUT2D eigenvalue weighted by atomic mass is 32.1. The first-order chi connectivity index (χ1) is 21.6. The normalized spacial score (nSPS) is 12.0. The van der Waals surface area contributed by atoms with E-state index in [4.69, 9.17) is 29.2 Å². The Kier molecular flexibility index (Phi) is 8.17. The zero-order valence-corrected chi connectivity index (χ0v) is 25.8. The van der Waals surface area contributed by atoms with Gasteiger partial charge in [-0.2, -0.15) is 0 Å². The van der Waals surface area contributed by atoms with Crippen LogP contribution in [-0.4, -0.2) is 54.7 Å². The second kappa shape index (κ2) is 12.2. The van der Waals surface area contributed by atoms with Crippen molar-refractivity contribution < 1.29 is 48.3 Å². The van der Waals surface area contributed by atoms with Crippen LogP contribution in [0, 0.1) is 0 Å². The lowest BCUT2D eigenvalue weighted by Gasteiger charge is -2.17. The summed E-state index contributed by atoms with van der Waals surface area (Å²) in [5.41, 5.74) is 2.94. The molecule has 45 heavy (non-hydrogen) atoms. The van der Waals surface area contributed by atoms with Crippen molar-refractivity contribution >= 4 is 66.4 Å². The van der Waals surface area contributed by atoms with Crippen LogP contribution in [0.3, 0.4) is 0 Å². The van der Waals surface area contributed by atoms with E-state index in [1.807, 2.05) is 36.4 Å². The molecule has 1 aliphatic rings. The molecule has 0 unspecified atom stereocenters. The SMILES string of the molecule is COc1cc2cc(C(=O)CCC(=O)O)sc2cc1-c1cc2c(cc1-c1cc3sc(C(=O)CCC(=O)O)cc3cc1OC)OCO2. The highest BCUT2D eigenvalue weighted by Gasteiger charge is 2.25. The van der Waals surface area contributed by atoms with Crippen LogP contribution >= 0.6 is 22.7 Å². The van der Waals surface area contributed by atoms with Crippen molar-refractivity contribution in [3.05, 3.63) is 58.3 Å². The van der Waals surface area contributed by atoms with E-state index < -0.39 is 11.9 Å². The summed E-state index contributed by atoms with van der Waals surface area (Å²) in [5, 5.41) is 19.6. The molecular weight excluding hydrogens is 620 g/mol. The van der Waals surface area contributed by atoms with Gasteiger partial charge in [0.05, 0.1) is 36.8 Å². The Balaban J connectivity index is 1.49. The van der Waals surface area contributed by atoms with Crippen LogP contribution in [0.4, 0.5) is 0 Å². The highest BCUT2D eigenvalue weighted by Crippen LogP contribution is 2.49. The van der Waals surface area contributed by atoms with Gasteiger partial charge in [-0.3, -0.25) is 19.2 Å². The number of benzene rings is 3. The Morgan fingerprint density at radius 2 is 1.04 bits per heavy atom. The van der Waals surface area contributed by atoms with Crippen LogP contribution in [0.15, 0.2) is 48.5 Å². The number of ketones is 2. The van der Waals surface area contributed by atoms with Crippen molar-refractivity contribution in [2.45, 2.75) is 25.7 Å². The molecule has 10 nitrogen and oxygen atoms in total. The number of ether oxygens (including phenoxy) is 4. The minimum atomic E-state index is -1.03. The first-order valence-electron chi connectivity index (χ1n) is 13.8. The summed E-state index contributed by atoms with van der Waals surface area (Å²) in [6.07, 6.45) is -0.653. The molecule has 0 bridgehead atoms. The summed E-state index contributed by atoms with van der Waals surface area (Å²) in [4.78, 5) is 48.3. The molecule has 12 heteroatoms. The third-order valence-corrected chi connectivity index (χ3v) is 9.73. The number of thiophene rings is 2. The lowest BCUT2D eigenvalue weighted by Crippen LogP contribution is -2.01. The third-order valence-electron chi connectivity index (χ3n) is 7.45. The fraction of sp³-hybridized carbons (Fsp3) is 0.212. The molecule has 2 N–H and O–H groups in total. The number of carboxylic acids is 2. The lowest BCUT2D eigenvalue weighted by molar-refractivity contribution is -0.137. The van der Waals surface area contributed by atoms with Crippen LogP contribution in [-0.2, 0) is 9.59 Å². The second-order valence-electron chi connectivity index (χ2n) is 10.3. The van der Waals surface area contributed by atoms with E-state index in [9.17, 15) is 19.2 Å². The zero-order valence-electron chi connectivity index (χ0n) is 24.1. The maximum atomic E-state index is 12.7. The van der Waals surface area contributed by atoms with Gasteiger partial charge in [0.15, 0.2) is 23.1 Å². The van der Waals surface area contributed by atoms with Crippen molar-refractivity contribution in [1.82, 2.24) is 0 Å². The largest absolute Gasteiger partial charge is 0.496 e. The number of carbonyl (C=O) groups excluding carboxylic acids is 2. The Labute approximate surface area is 264 Å². The minimum absolute atomic E-state index is 0.0596. The highest BCUT2D eigenvalue weighted by molar-refractivity contribution is 7.21. The standard InChI is InChI=1S/C33H26O10S2/c1-40-24-7-16-9-30(22(34)3-5-32(36)37)44-28(16)13-20(24)18-11-26-27(43-15-42-26)12-19(18)21-14-29-17(8-25(21)41-2)10-31(45-29)23(35)4-6-33(38)39/h7-14H,3-6,15H2,1-2H3,(H,36,37)(H,38,39). The predicted octanol–water partition coefficient (Wildman–Crippen LogP) is 7.29. The molecule has 0 spiro atoms. The summed E-state index contributed by atoms with van der Waals surface area (Å²) in [6, 6.07) is 14.8. The molecule has 0 saturated carbocycles. The minimum Gasteiger partial charge on any atom is -0.496 e. The van der Waals surface area contributed by atoms with Gasteiger partial charge in [0.2, 0.25) is 6.79 Å². The molecule has 1 aliphatic heterocycles. The van der Waals surface area contributed by atoms with Crippen LogP contribution in [0.1, 0.15) is 45.0 Å². The van der Waals surface area contributed by atoms with Crippen LogP contribution in [0.25, 0.3) is 42.4 Å². The summed E-state index contributed by atoms with van der Waals surface area (Å²) < 4.78 is 24.7. The number of Topliss-reactive ketones (excluding diaryl/α,β-unsaturated/α-hetero) is 2. The quantitative estimate of drug-likeness (QED) is 0.133. The number of methoxy groups -OCH3 is 2. The average molecular weight is 647 g/mol. The molecule has 0 saturated heterocycles. The van der Waals surface area contributed by atoms with Crippen molar-refractivity contribution in [2.24, 2.45) is 0 Å². The smallest absolute Gasteiger partial charge is 0.303 e. The number of carboxylic acid groups (broad SMARTS) is 2. The second-order valence-corrected chi connectivity index (χ2v) is 12.5. The van der Waals surface area contributed by atoms with Crippen LogP contribution < -0.4 is 18.9 Å². The number of hydrogen-bond acceptors (Lipinski definition) is 10. The van der Waals surface area contributed by atoms with Gasteiger partial charge in [-0.05, 0) is 70.4 Å². The van der Waals surface area contributed by atoms with E-state index in [-0.39, 0.29) is 44.0 Å². The van der Waals surface area contributed by atoms with E-state index in [2.05, 4.69) is 0 Å². The lowest BCUT2D eigenvalue weighted by atomic mass is 9.92. The fourth-order valence-electron chi connectivity index (χ4n) is 5.24. The molecule has 0 aliphatic carbocycles. The summed E-state index contributed by atoms with van der Waals surface area (Å²) in [6.45, 7) is 0.0596. The molecule has 0 radical (unpaired) electrons. The number of fused-ring (bicyclic) bond motifs is 3. The van der Waals surface area contributed by atoms with Crippen LogP contribution in [0.5, 0.6) is 23.0 Å². The number of hydrogen-bond donors (Lipinski definition) is 2. The van der Waals surface area contributed by atoms with E-state index in [1.165, 1.54) is 22.7 Å². The Bertz CT molecular complexity index is 1880. The van der Waals surface area contributed by atoms with E-state index in [0.29, 0.717) is 32.8 Å². The van der Waals surface area contributed by atoms with E-state index in [1.54, 1.807) is 26.4 Å². The van der Waals surface area contributed by atoms with Gasteiger partial charge >= 0.3 is 11.9 Å². The average Bonchev–Trinajstić information content (AvgIpc) is 3.77. The van der Waals surface area contributed by atoms with E-state index >= 15 is 0 Å². The summed E-state index contributed by atoms with van der Waals surface area (Å²) in [7, 11) is 3.12. The first-order valence-corrected chi connectivity index (χ1v) is 15.5. The number of carbonyl (C=O) groups is 4. The molecule has 5 aromatic rings. The van der Waals surface area contributed by atoms with Gasteiger partial charge in [0, 0.05) is 33.4 Å². The van der Waals surface area contributed by atoms with Gasteiger partial charge in [0.1, 0.15) is 11.5 Å². The maximum absolute atomic E-state index is 12.7. The number of rotatable bonds is 12. The zero-order chi connectivity index (χ0) is 31.8. The molecule has 230 valence electrons. The molecule has 6 rings (SSSR count). The third kappa shape index (κ3) is 5.94. The monoisotopic (exact) mass is 646 g/mol. The Hall–Kier alpha value is -4.94. The molecule has 3 aromatic carbocycles.